The smallest absolute Gasteiger partial charge is 0.231 e. The van der Waals surface area contributed by atoms with Crippen molar-refractivity contribution in [3.63, 3.8) is 0 Å². The standard InChI is InChI=1S/C15H15NO5S2/c1-10(17)16-8-14(23(18,19)15-3-2-6-22-15)11-4-5-12-13(7-11)21-9-20-12/h2-7,14H,8-9H2,1H3,(H,16,17)/t14-/m0/s1. The van der Waals surface area contributed by atoms with E-state index in [4.69, 9.17) is 9.47 Å². The maximum atomic E-state index is 12.9. The Morgan fingerprint density at radius 3 is 2.78 bits per heavy atom. The normalized spacial score (nSPS) is 14.5. The third kappa shape index (κ3) is 3.18. The van der Waals surface area contributed by atoms with Gasteiger partial charge in [0.2, 0.25) is 12.7 Å². The Bertz CT molecular complexity index is 814. The van der Waals surface area contributed by atoms with Crippen molar-refractivity contribution in [2.75, 3.05) is 13.3 Å². The van der Waals surface area contributed by atoms with E-state index in [9.17, 15) is 13.2 Å². The fourth-order valence-electron chi connectivity index (χ4n) is 2.32. The first kappa shape index (κ1) is 15.8. The summed E-state index contributed by atoms with van der Waals surface area (Å²) in [6, 6.07) is 8.27. The van der Waals surface area contributed by atoms with E-state index in [1.165, 1.54) is 6.92 Å². The monoisotopic (exact) mass is 353 g/mol. The van der Waals surface area contributed by atoms with E-state index in [0.29, 0.717) is 17.1 Å². The first-order valence-corrected chi connectivity index (χ1v) is 9.32. The SMILES string of the molecule is CC(=O)NC[C@@H](c1ccc2c(c1)OCO2)S(=O)(=O)c1cccs1. The molecule has 1 aromatic heterocycles. The first-order valence-electron chi connectivity index (χ1n) is 6.90. The fraction of sp³-hybridized carbons (Fsp3) is 0.267. The van der Waals surface area contributed by atoms with Crippen LogP contribution >= 0.6 is 11.3 Å². The molecule has 3 rings (SSSR count). The lowest BCUT2D eigenvalue weighted by Gasteiger charge is -2.18. The number of hydrogen-bond donors (Lipinski definition) is 1. The van der Waals surface area contributed by atoms with Crippen molar-refractivity contribution in [2.45, 2.75) is 16.4 Å². The number of thiophene rings is 1. The molecule has 0 aliphatic carbocycles. The van der Waals surface area contributed by atoms with Gasteiger partial charge in [0.05, 0.1) is 0 Å². The molecule has 1 aromatic carbocycles. The summed E-state index contributed by atoms with van der Waals surface area (Å²) in [6.07, 6.45) is 0. The lowest BCUT2D eigenvalue weighted by molar-refractivity contribution is -0.118. The topological polar surface area (TPSA) is 81.7 Å². The van der Waals surface area contributed by atoms with Crippen LogP contribution in [0.5, 0.6) is 11.5 Å². The molecule has 2 heterocycles. The predicted octanol–water partition coefficient (Wildman–Crippen LogP) is 2.13. The summed E-state index contributed by atoms with van der Waals surface area (Å²) < 4.78 is 36.6. The van der Waals surface area contributed by atoms with E-state index in [0.717, 1.165) is 11.3 Å². The number of amides is 1. The molecule has 0 radical (unpaired) electrons. The van der Waals surface area contributed by atoms with Crippen LogP contribution in [0.25, 0.3) is 0 Å². The van der Waals surface area contributed by atoms with Crippen molar-refractivity contribution in [1.29, 1.82) is 0 Å². The van der Waals surface area contributed by atoms with Gasteiger partial charge in [-0.25, -0.2) is 8.42 Å². The molecule has 0 spiro atoms. The van der Waals surface area contributed by atoms with Gasteiger partial charge >= 0.3 is 0 Å². The van der Waals surface area contributed by atoms with E-state index in [-0.39, 0.29) is 23.5 Å². The third-order valence-electron chi connectivity index (χ3n) is 3.45. The molecule has 1 N–H and O–H groups in total. The van der Waals surface area contributed by atoms with Gasteiger partial charge in [-0.15, -0.1) is 11.3 Å². The molecule has 1 aliphatic heterocycles. The second-order valence-electron chi connectivity index (χ2n) is 5.02. The molecule has 6 nitrogen and oxygen atoms in total. The van der Waals surface area contributed by atoms with Gasteiger partial charge in [0.15, 0.2) is 21.3 Å². The van der Waals surface area contributed by atoms with Crippen LogP contribution in [0.3, 0.4) is 0 Å². The molecule has 8 heteroatoms. The third-order valence-corrected chi connectivity index (χ3v) is 6.99. The zero-order valence-corrected chi connectivity index (χ0v) is 13.9. The van der Waals surface area contributed by atoms with Crippen LogP contribution in [0.2, 0.25) is 0 Å². The van der Waals surface area contributed by atoms with Gasteiger partial charge in [-0.1, -0.05) is 12.1 Å². The minimum absolute atomic E-state index is 0.00475. The van der Waals surface area contributed by atoms with Crippen molar-refractivity contribution in [2.24, 2.45) is 0 Å². The van der Waals surface area contributed by atoms with E-state index in [1.54, 1.807) is 35.7 Å². The van der Waals surface area contributed by atoms with E-state index >= 15 is 0 Å². The summed E-state index contributed by atoms with van der Waals surface area (Å²) >= 11 is 1.16. The van der Waals surface area contributed by atoms with Crippen LogP contribution in [-0.4, -0.2) is 27.7 Å². The first-order chi connectivity index (χ1) is 11.0. The number of carbonyl (C=O) groups excluding carboxylic acids is 1. The van der Waals surface area contributed by atoms with Gasteiger partial charge in [0.1, 0.15) is 9.46 Å². The van der Waals surface area contributed by atoms with E-state index < -0.39 is 15.1 Å². The zero-order valence-electron chi connectivity index (χ0n) is 12.3. The Labute approximate surface area is 138 Å². The molecule has 1 aliphatic rings. The Kier molecular flexibility index (Phi) is 4.27. The summed E-state index contributed by atoms with van der Waals surface area (Å²) in [6.45, 7) is 1.47. The van der Waals surface area contributed by atoms with Crippen LogP contribution in [0.15, 0.2) is 39.9 Å². The fourth-order valence-corrected chi connectivity index (χ4v) is 5.18. The van der Waals surface area contributed by atoms with Crippen molar-refractivity contribution >= 4 is 27.1 Å². The summed E-state index contributed by atoms with van der Waals surface area (Å²) in [7, 11) is -3.62. The van der Waals surface area contributed by atoms with Crippen molar-refractivity contribution in [3.8, 4) is 11.5 Å². The average molecular weight is 353 g/mol. The van der Waals surface area contributed by atoms with Crippen LogP contribution in [0, 0.1) is 0 Å². The largest absolute Gasteiger partial charge is 0.454 e. The molecule has 2 aromatic rings. The molecular weight excluding hydrogens is 338 g/mol. The van der Waals surface area contributed by atoms with Gasteiger partial charge in [-0.3, -0.25) is 4.79 Å². The molecule has 0 saturated carbocycles. The van der Waals surface area contributed by atoms with Crippen LogP contribution in [0.1, 0.15) is 17.7 Å². The number of rotatable bonds is 5. The minimum Gasteiger partial charge on any atom is -0.454 e. The summed E-state index contributed by atoms with van der Waals surface area (Å²) in [5.74, 6) is 0.814. The Morgan fingerprint density at radius 2 is 2.09 bits per heavy atom. The summed E-state index contributed by atoms with van der Waals surface area (Å²) in [5, 5.41) is 3.42. The van der Waals surface area contributed by atoms with Crippen molar-refractivity contribution in [1.82, 2.24) is 5.32 Å². The van der Waals surface area contributed by atoms with Crippen molar-refractivity contribution < 1.29 is 22.7 Å². The molecule has 122 valence electrons. The molecular formula is C15H15NO5S2. The number of fused-ring (bicyclic) bond motifs is 1. The van der Waals surface area contributed by atoms with Gasteiger partial charge < -0.3 is 14.8 Å². The number of hydrogen-bond acceptors (Lipinski definition) is 6. The zero-order chi connectivity index (χ0) is 16.4. The van der Waals surface area contributed by atoms with Crippen LogP contribution < -0.4 is 14.8 Å². The predicted molar refractivity (Wildman–Crippen MR) is 85.5 cm³/mol. The van der Waals surface area contributed by atoms with Crippen molar-refractivity contribution in [3.05, 3.63) is 41.3 Å². The maximum absolute atomic E-state index is 12.9. The molecule has 1 amide bonds. The quantitative estimate of drug-likeness (QED) is 0.890. The highest BCUT2D eigenvalue weighted by Gasteiger charge is 2.31. The lowest BCUT2D eigenvalue weighted by atomic mass is 10.1. The highest BCUT2D eigenvalue weighted by Crippen LogP contribution is 2.38. The second-order valence-corrected chi connectivity index (χ2v) is 8.32. The summed E-state index contributed by atoms with van der Waals surface area (Å²) in [5.41, 5.74) is 0.552. The molecule has 0 saturated heterocycles. The van der Waals surface area contributed by atoms with Gasteiger partial charge in [-0.05, 0) is 29.1 Å². The Hall–Kier alpha value is -2.06. The molecule has 0 unspecified atom stereocenters. The number of ether oxygens (including phenoxy) is 2. The average Bonchev–Trinajstić information content (AvgIpc) is 3.18. The highest BCUT2D eigenvalue weighted by molar-refractivity contribution is 7.93. The molecule has 0 bridgehead atoms. The second kappa shape index (κ2) is 6.21. The Balaban J connectivity index is 2.00. The molecule has 23 heavy (non-hydrogen) atoms. The van der Waals surface area contributed by atoms with Gasteiger partial charge in [-0.2, -0.15) is 0 Å². The molecule has 1 atom stereocenters. The number of sulfone groups is 1. The summed E-state index contributed by atoms with van der Waals surface area (Å²) in [4.78, 5) is 11.2. The van der Waals surface area contributed by atoms with E-state index in [2.05, 4.69) is 5.32 Å². The number of benzene rings is 1. The van der Waals surface area contributed by atoms with Crippen LogP contribution in [0.4, 0.5) is 0 Å². The minimum atomic E-state index is -3.62. The number of nitrogens with one attached hydrogen (secondary N) is 1. The van der Waals surface area contributed by atoms with Gasteiger partial charge in [0.25, 0.3) is 0 Å². The molecule has 0 fully saturated rings. The van der Waals surface area contributed by atoms with Gasteiger partial charge in [0, 0.05) is 13.5 Å². The van der Waals surface area contributed by atoms with E-state index in [1.807, 2.05) is 0 Å². The highest BCUT2D eigenvalue weighted by atomic mass is 32.2. The Morgan fingerprint density at radius 1 is 1.30 bits per heavy atom. The van der Waals surface area contributed by atoms with Crippen LogP contribution in [-0.2, 0) is 14.6 Å². The number of carbonyl (C=O) groups is 1. The maximum Gasteiger partial charge on any atom is 0.231 e. The lowest BCUT2D eigenvalue weighted by Crippen LogP contribution is -2.30.